The summed E-state index contributed by atoms with van der Waals surface area (Å²) in [6.07, 6.45) is 6.91. The van der Waals surface area contributed by atoms with Crippen molar-refractivity contribution in [3.8, 4) is 0 Å². The van der Waals surface area contributed by atoms with Gasteiger partial charge in [0.2, 0.25) is 5.95 Å². The molecule has 2 aromatic rings. The van der Waals surface area contributed by atoms with E-state index in [1.807, 2.05) is 0 Å². The summed E-state index contributed by atoms with van der Waals surface area (Å²) in [6.45, 7) is 1.63. The monoisotopic (exact) mass is 272 g/mol. The van der Waals surface area contributed by atoms with Crippen molar-refractivity contribution < 1.29 is 9.21 Å². The van der Waals surface area contributed by atoms with Gasteiger partial charge >= 0.3 is 0 Å². The molecule has 0 spiro atoms. The van der Waals surface area contributed by atoms with Crippen molar-refractivity contribution in [3.05, 3.63) is 42.6 Å². The summed E-state index contributed by atoms with van der Waals surface area (Å²) in [5.41, 5.74) is 0. The standard InChI is InChI=1S/C14H16N4O2/c19-13(12-5-2-9-20-12)17-11-4-1-8-18(10-11)14-15-6-3-7-16-14/h2-3,5-7,9,11H,1,4,8,10H2,(H,17,19). The Morgan fingerprint density at radius 1 is 1.35 bits per heavy atom. The number of anilines is 1. The van der Waals surface area contributed by atoms with Crippen molar-refractivity contribution in [3.63, 3.8) is 0 Å². The number of aromatic nitrogens is 2. The van der Waals surface area contributed by atoms with Gasteiger partial charge in [0.25, 0.3) is 5.91 Å². The number of furan rings is 1. The van der Waals surface area contributed by atoms with Crippen molar-refractivity contribution in [2.45, 2.75) is 18.9 Å². The van der Waals surface area contributed by atoms with Crippen molar-refractivity contribution in [1.29, 1.82) is 0 Å². The van der Waals surface area contributed by atoms with Gasteiger partial charge in [-0.2, -0.15) is 0 Å². The summed E-state index contributed by atoms with van der Waals surface area (Å²) >= 11 is 0. The molecule has 6 heteroatoms. The molecule has 1 N–H and O–H groups in total. The lowest BCUT2D eigenvalue weighted by molar-refractivity contribution is 0.0905. The zero-order valence-electron chi connectivity index (χ0n) is 11.0. The molecule has 3 heterocycles. The molecule has 1 unspecified atom stereocenters. The second-order valence-corrected chi connectivity index (χ2v) is 4.78. The maximum Gasteiger partial charge on any atom is 0.287 e. The molecule has 3 rings (SSSR count). The molecule has 1 aliphatic heterocycles. The third kappa shape index (κ3) is 2.79. The van der Waals surface area contributed by atoms with Crippen molar-refractivity contribution in [2.75, 3.05) is 18.0 Å². The van der Waals surface area contributed by atoms with Gasteiger partial charge in [-0.15, -0.1) is 0 Å². The Hall–Kier alpha value is -2.37. The molecule has 6 nitrogen and oxygen atoms in total. The molecule has 1 fully saturated rings. The number of nitrogens with zero attached hydrogens (tertiary/aromatic N) is 3. The topological polar surface area (TPSA) is 71.3 Å². The largest absolute Gasteiger partial charge is 0.459 e. The lowest BCUT2D eigenvalue weighted by Gasteiger charge is -2.32. The minimum Gasteiger partial charge on any atom is -0.459 e. The summed E-state index contributed by atoms with van der Waals surface area (Å²) < 4.78 is 5.10. The fourth-order valence-electron chi connectivity index (χ4n) is 2.40. The lowest BCUT2D eigenvalue weighted by atomic mass is 10.1. The summed E-state index contributed by atoms with van der Waals surface area (Å²) in [5.74, 6) is 0.887. The van der Waals surface area contributed by atoms with E-state index in [4.69, 9.17) is 4.42 Å². The average molecular weight is 272 g/mol. The van der Waals surface area contributed by atoms with Gasteiger partial charge in [0, 0.05) is 31.5 Å². The maximum atomic E-state index is 12.0. The van der Waals surface area contributed by atoms with Crippen LogP contribution in [0.2, 0.25) is 0 Å². The lowest BCUT2D eigenvalue weighted by Crippen LogP contribution is -2.48. The fourth-order valence-corrected chi connectivity index (χ4v) is 2.40. The molecule has 20 heavy (non-hydrogen) atoms. The first-order valence-electron chi connectivity index (χ1n) is 6.69. The van der Waals surface area contributed by atoms with Crippen LogP contribution >= 0.6 is 0 Å². The highest BCUT2D eigenvalue weighted by Gasteiger charge is 2.23. The van der Waals surface area contributed by atoms with Crippen LogP contribution in [0.5, 0.6) is 0 Å². The molecular formula is C14H16N4O2. The Kier molecular flexibility index (Phi) is 3.62. The van der Waals surface area contributed by atoms with Crippen LogP contribution in [0.3, 0.4) is 0 Å². The molecule has 0 bridgehead atoms. The Morgan fingerprint density at radius 2 is 2.20 bits per heavy atom. The molecule has 1 aliphatic rings. The van der Waals surface area contributed by atoms with E-state index in [1.54, 1.807) is 30.6 Å². The number of piperidine rings is 1. The third-order valence-corrected chi connectivity index (χ3v) is 3.34. The fraction of sp³-hybridized carbons (Fsp3) is 0.357. The van der Waals surface area contributed by atoms with Crippen molar-refractivity contribution in [2.24, 2.45) is 0 Å². The zero-order valence-corrected chi connectivity index (χ0v) is 11.0. The number of carbonyl (C=O) groups excluding carboxylic acids is 1. The number of nitrogens with one attached hydrogen (secondary N) is 1. The van der Waals surface area contributed by atoms with Gasteiger partial charge in [-0.25, -0.2) is 9.97 Å². The predicted octanol–water partition coefficient (Wildman–Crippen LogP) is 1.47. The van der Waals surface area contributed by atoms with Crippen molar-refractivity contribution >= 4 is 11.9 Å². The van der Waals surface area contributed by atoms with Crippen LogP contribution in [0.25, 0.3) is 0 Å². The Labute approximate surface area is 116 Å². The maximum absolute atomic E-state index is 12.0. The van der Waals surface area contributed by atoms with Crippen LogP contribution < -0.4 is 10.2 Å². The molecule has 0 aromatic carbocycles. The molecule has 0 saturated carbocycles. The van der Waals surface area contributed by atoms with Gasteiger partial charge in [-0.3, -0.25) is 4.79 Å². The minimum atomic E-state index is -0.171. The Balaban J connectivity index is 1.62. The van der Waals surface area contributed by atoms with E-state index >= 15 is 0 Å². The van der Waals surface area contributed by atoms with Gasteiger partial charge in [-0.1, -0.05) is 0 Å². The predicted molar refractivity (Wildman–Crippen MR) is 73.4 cm³/mol. The number of carbonyl (C=O) groups is 1. The number of rotatable bonds is 3. The van der Waals surface area contributed by atoms with E-state index in [-0.39, 0.29) is 11.9 Å². The SMILES string of the molecule is O=C(NC1CCCN(c2ncccn2)C1)c1ccco1. The quantitative estimate of drug-likeness (QED) is 0.916. The highest BCUT2D eigenvalue weighted by Crippen LogP contribution is 2.15. The second kappa shape index (κ2) is 5.73. The number of amides is 1. The molecule has 0 radical (unpaired) electrons. The van der Waals surface area contributed by atoms with Gasteiger partial charge in [0.05, 0.1) is 6.26 Å². The van der Waals surface area contributed by atoms with Gasteiger partial charge in [0.1, 0.15) is 0 Å². The normalized spacial score (nSPS) is 18.8. The van der Waals surface area contributed by atoms with E-state index in [9.17, 15) is 4.79 Å². The molecule has 1 amide bonds. The first kappa shape index (κ1) is 12.7. The van der Waals surface area contributed by atoms with Gasteiger partial charge < -0.3 is 14.6 Å². The van der Waals surface area contributed by atoms with E-state index in [0.717, 1.165) is 25.9 Å². The zero-order chi connectivity index (χ0) is 13.8. The van der Waals surface area contributed by atoms with Crippen LogP contribution in [0.15, 0.2) is 41.3 Å². The summed E-state index contributed by atoms with van der Waals surface area (Å²) in [7, 11) is 0. The van der Waals surface area contributed by atoms with Crippen molar-refractivity contribution in [1.82, 2.24) is 15.3 Å². The van der Waals surface area contributed by atoms with Crippen LogP contribution in [0.1, 0.15) is 23.4 Å². The smallest absolute Gasteiger partial charge is 0.287 e. The molecular weight excluding hydrogens is 256 g/mol. The van der Waals surface area contributed by atoms with Gasteiger partial charge in [-0.05, 0) is 31.0 Å². The molecule has 0 aliphatic carbocycles. The molecule has 1 atom stereocenters. The Bertz CT molecular complexity index is 556. The molecule has 2 aromatic heterocycles. The summed E-state index contributed by atoms with van der Waals surface area (Å²) in [6, 6.07) is 5.25. The number of hydrogen-bond acceptors (Lipinski definition) is 5. The van der Waals surface area contributed by atoms with E-state index in [2.05, 4.69) is 20.2 Å². The summed E-state index contributed by atoms with van der Waals surface area (Å²) in [5, 5.41) is 2.99. The second-order valence-electron chi connectivity index (χ2n) is 4.78. The van der Waals surface area contributed by atoms with E-state index in [0.29, 0.717) is 11.7 Å². The number of hydrogen-bond donors (Lipinski definition) is 1. The van der Waals surface area contributed by atoms with E-state index in [1.165, 1.54) is 6.26 Å². The first-order chi connectivity index (χ1) is 9.83. The van der Waals surface area contributed by atoms with Crippen LogP contribution in [-0.4, -0.2) is 35.0 Å². The van der Waals surface area contributed by atoms with Crippen LogP contribution in [-0.2, 0) is 0 Å². The van der Waals surface area contributed by atoms with Crippen LogP contribution in [0, 0.1) is 0 Å². The summed E-state index contributed by atoms with van der Waals surface area (Å²) in [4.78, 5) is 22.6. The van der Waals surface area contributed by atoms with E-state index < -0.39 is 0 Å². The average Bonchev–Trinajstić information content (AvgIpc) is 3.03. The minimum absolute atomic E-state index is 0.0881. The highest BCUT2D eigenvalue weighted by molar-refractivity contribution is 5.91. The third-order valence-electron chi connectivity index (χ3n) is 3.34. The van der Waals surface area contributed by atoms with Crippen LogP contribution in [0.4, 0.5) is 5.95 Å². The Morgan fingerprint density at radius 3 is 2.95 bits per heavy atom. The van der Waals surface area contributed by atoms with Gasteiger partial charge in [0.15, 0.2) is 5.76 Å². The molecule has 1 saturated heterocycles. The molecule has 104 valence electrons. The first-order valence-corrected chi connectivity index (χ1v) is 6.69. The highest BCUT2D eigenvalue weighted by atomic mass is 16.3.